The number of nitrogens with zero attached hydrogens (tertiary/aromatic N) is 1. The molecule has 1 unspecified atom stereocenters. The highest BCUT2D eigenvalue weighted by Gasteiger charge is 2.41. The second-order valence-electron chi connectivity index (χ2n) is 7.55. The van der Waals surface area contributed by atoms with Gasteiger partial charge in [-0.05, 0) is 31.0 Å². The smallest absolute Gasteiger partial charge is 0.456 e. The van der Waals surface area contributed by atoms with Crippen molar-refractivity contribution < 1.29 is 28.7 Å². The van der Waals surface area contributed by atoms with Gasteiger partial charge >= 0.3 is 12.1 Å². The number of hydrogen-bond acceptors (Lipinski definition) is 9. The highest BCUT2D eigenvalue weighted by Crippen LogP contribution is 2.44. The van der Waals surface area contributed by atoms with E-state index in [-0.39, 0.29) is 24.7 Å². The Morgan fingerprint density at radius 3 is 2.82 bits per heavy atom. The molecule has 1 atom stereocenters. The van der Waals surface area contributed by atoms with Crippen molar-refractivity contribution >= 4 is 29.6 Å². The van der Waals surface area contributed by atoms with Crippen LogP contribution in [0.2, 0.25) is 0 Å². The Morgan fingerprint density at radius 2 is 2.06 bits per heavy atom. The number of carbonyl (C=O) groups excluding carboxylic acids is 2. The number of nitro groups is 1. The van der Waals surface area contributed by atoms with E-state index in [0.717, 1.165) is 16.0 Å². The number of dihydropyridines is 1. The number of cyclic esters (lactones) is 1. The molecule has 0 fully saturated rings. The summed E-state index contributed by atoms with van der Waals surface area (Å²) in [6, 6.07) is 13.9. The Bertz CT molecular complexity index is 1220. The summed E-state index contributed by atoms with van der Waals surface area (Å²) >= 11 is 1.47. The molecule has 2 aliphatic rings. The highest BCUT2D eigenvalue weighted by molar-refractivity contribution is 7.98. The van der Waals surface area contributed by atoms with Gasteiger partial charge in [-0.2, -0.15) is 0 Å². The third kappa shape index (κ3) is 4.76. The molecule has 0 bridgehead atoms. The molecular weight excluding hydrogens is 460 g/mol. The molecule has 0 saturated carbocycles. The molecule has 0 radical (unpaired) electrons. The minimum atomic E-state index is -0.860. The summed E-state index contributed by atoms with van der Waals surface area (Å²) in [5.41, 5.74) is 3.15. The van der Waals surface area contributed by atoms with Crippen LogP contribution in [-0.4, -0.2) is 30.3 Å². The molecule has 1 N–H and O–H groups in total. The fraction of sp³-hybridized carbons (Fsp3) is 0.250. The van der Waals surface area contributed by atoms with Crippen LogP contribution in [0.3, 0.4) is 0 Å². The lowest BCUT2D eigenvalue weighted by molar-refractivity contribution is -0.384. The number of carbonyl (C=O) groups is 2. The molecule has 0 amide bonds. The highest BCUT2D eigenvalue weighted by atomic mass is 32.2. The van der Waals surface area contributed by atoms with Crippen LogP contribution in [0.4, 0.5) is 10.5 Å². The van der Waals surface area contributed by atoms with E-state index in [1.54, 1.807) is 19.9 Å². The first-order valence-corrected chi connectivity index (χ1v) is 11.5. The largest absolute Gasteiger partial charge is 0.513 e. The molecule has 9 nitrogen and oxygen atoms in total. The fourth-order valence-electron chi connectivity index (χ4n) is 3.89. The second-order valence-corrected chi connectivity index (χ2v) is 8.57. The minimum Gasteiger partial charge on any atom is -0.456 e. The summed E-state index contributed by atoms with van der Waals surface area (Å²) in [5.74, 6) is -0.427. The molecular formula is C24H22N2O7S. The average Bonchev–Trinajstić information content (AvgIpc) is 3.18. The van der Waals surface area contributed by atoms with Crippen LogP contribution in [0.1, 0.15) is 30.9 Å². The van der Waals surface area contributed by atoms with Gasteiger partial charge in [0.05, 0.1) is 34.4 Å². The third-order valence-electron chi connectivity index (χ3n) is 5.35. The van der Waals surface area contributed by atoms with Gasteiger partial charge in [0, 0.05) is 22.8 Å². The summed E-state index contributed by atoms with van der Waals surface area (Å²) < 4.78 is 15.8. The molecule has 2 aromatic carbocycles. The number of benzene rings is 2. The number of esters is 1. The Morgan fingerprint density at radius 1 is 1.26 bits per heavy atom. The first-order valence-electron chi connectivity index (χ1n) is 10.6. The molecule has 0 aliphatic carbocycles. The Kier molecular flexibility index (Phi) is 6.87. The van der Waals surface area contributed by atoms with E-state index in [0.29, 0.717) is 22.7 Å². The lowest BCUT2D eigenvalue weighted by Crippen LogP contribution is -2.28. The molecule has 4 rings (SSSR count). The van der Waals surface area contributed by atoms with Gasteiger partial charge in [-0.25, -0.2) is 9.59 Å². The van der Waals surface area contributed by atoms with Gasteiger partial charge in [-0.15, -0.1) is 11.8 Å². The number of thioether (sulfide) groups is 1. The van der Waals surface area contributed by atoms with E-state index in [1.807, 2.05) is 30.3 Å². The van der Waals surface area contributed by atoms with E-state index in [2.05, 4.69) is 5.32 Å². The van der Waals surface area contributed by atoms with Crippen LogP contribution in [0.25, 0.3) is 0 Å². The van der Waals surface area contributed by atoms with Gasteiger partial charge in [0.2, 0.25) is 0 Å². The van der Waals surface area contributed by atoms with E-state index in [1.165, 1.54) is 23.9 Å². The summed E-state index contributed by atoms with van der Waals surface area (Å²) in [7, 11) is 0. The molecule has 10 heteroatoms. The van der Waals surface area contributed by atoms with Crippen LogP contribution in [0.5, 0.6) is 0 Å². The summed E-state index contributed by atoms with van der Waals surface area (Å²) in [4.78, 5) is 36.4. The number of non-ortho nitro benzene ring substituents is 1. The Hall–Kier alpha value is -3.79. The summed E-state index contributed by atoms with van der Waals surface area (Å²) in [6.45, 7) is 3.69. The molecule has 176 valence electrons. The van der Waals surface area contributed by atoms with E-state index < -0.39 is 23.0 Å². The molecule has 0 saturated heterocycles. The van der Waals surface area contributed by atoms with Crippen molar-refractivity contribution in [2.24, 2.45) is 0 Å². The molecule has 2 aromatic rings. The number of allylic oxidation sites excluding steroid dienone is 2. The van der Waals surface area contributed by atoms with Gasteiger partial charge in [0.1, 0.15) is 12.4 Å². The van der Waals surface area contributed by atoms with Crippen molar-refractivity contribution in [2.75, 3.05) is 13.2 Å². The third-order valence-corrected chi connectivity index (χ3v) is 6.51. The minimum absolute atomic E-state index is 0.0249. The van der Waals surface area contributed by atoms with E-state index >= 15 is 0 Å². The lowest BCUT2D eigenvalue weighted by Gasteiger charge is -2.28. The molecule has 2 heterocycles. The first-order chi connectivity index (χ1) is 16.4. The SMILES string of the molecule is CCOC(=O)OC1=C(C)NC2=C(C(=O)OC2)C1c1ccccc1SCc1cccc([N+](=O)[O-])c1. The zero-order chi connectivity index (χ0) is 24.2. The van der Waals surface area contributed by atoms with Crippen LogP contribution < -0.4 is 5.32 Å². The maximum atomic E-state index is 12.7. The maximum Gasteiger partial charge on any atom is 0.513 e. The monoisotopic (exact) mass is 482 g/mol. The molecule has 34 heavy (non-hydrogen) atoms. The molecule has 2 aliphatic heterocycles. The van der Waals surface area contributed by atoms with Gasteiger partial charge < -0.3 is 19.5 Å². The zero-order valence-corrected chi connectivity index (χ0v) is 19.3. The number of rotatable bonds is 7. The van der Waals surface area contributed by atoms with Crippen molar-refractivity contribution in [3.8, 4) is 0 Å². The van der Waals surface area contributed by atoms with Crippen molar-refractivity contribution in [3.63, 3.8) is 0 Å². The standard InChI is InChI=1S/C24H22N2O7S/c1-3-31-24(28)33-22-14(2)25-18-12-32-23(27)21(18)20(22)17-9-4-5-10-19(17)34-13-15-7-6-8-16(11-15)26(29)30/h4-11,20,25H,3,12-13H2,1-2H3. The zero-order valence-electron chi connectivity index (χ0n) is 18.5. The van der Waals surface area contributed by atoms with Gasteiger partial charge in [-0.3, -0.25) is 10.1 Å². The van der Waals surface area contributed by atoms with E-state index in [9.17, 15) is 19.7 Å². The van der Waals surface area contributed by atoms with Gasteiger partial charge in [-0.1, -0.05) is 30.3 Å². The maximum absolute atomic E-state index is 12.7. The van der Waals surface area contributed by atoms with Crippen molar-refractivity contribution in [1.29, 1.82) is 0 Å². The van der Waals surface area contributed by atoms with Gasteiger partial charge in [0.15, 0.2) is 0 Å². The van der Waals surface area contributed by atoms with Crippen molar-refractivity contribution in [3.05, 3.63) is 92.5 Å². The molecule has 0 aromatic heterocycles. The lowest BCUT2D eigenvalue weighted by atomic mass is 9.85. The van der Waals surface area contributed by atoms with Crippen LogP contribution in [0, 0.1) is 10.1 Å². The van der Waals surface area contributed by atoms with Crippen LogP contribution >= 0.6 is 11.8 Å². The van der Waals surface area contributed by atoms with Crippen molar-refractivity contribution in [2.45, 2.75) is 30.4 Å². The number of hydrogen-bond donors (Lipinski definition) is 1. The van der Waals surface area contributed by atoms with Crippen LogP contribution in [0.15, 0.2) is 76.2 Å². The van der Waals surface area contributed by atoms with Crippen LogP contribution in [-0.2, 0) is 24.8 Å². The second kappa shape index (κ2) is 10.0. The normalized spacial score (nSPS) is 17.1. The predicted molar refractivity (Wildman–Crippen MR) is 124 cm³/mol. The number of nitrogens with one attached hydrogen (secondary N) is 1. The molecule has 0 spiro atoms. The first kappa shape index (κ1) is 23.4. The Labute approximate surface area is 199 Å². The Balaban J connectivity index is 1.70. The van der Waals surface area contributed by atoms with Crippen molar-refractivity contribution in [1.82, 2.24) is 5.32 Å². The topological polar surface area (TPSA) is 117 Å². The fourth-order valence-corrected chi connectivity index (χ4v) is 4.92. The average molecular weight is 483 g/mol. The quantitative estimate of drug-likeness (QED) is 0.257. The summed E-state index contributed by atoms with van der Waals surface area (Å²) in [6.07, 6.45) is -0.860. The summed E-state index contributed by atoms with van der Waals surface area (Å²) in [5, 5.41) is 14.2. The van der Waals surface area contributed by atoms with E-state index in [4.69, 9.17) is 14.2 Å². The van der Waals surface area contributed by atoms with Gasteiger partial charge in [0.25, 0.3) is 5.69 Å². The number of nitro benzene ring substituents is 1. The predicted octanol–water partition coefficient (Wildman–Crippen LogP) is 4.79. The number of ether oxygens (including phenoxy) is 3.